The summed E-state index contributed by atoms with van der Waals surface area (Å²) in [5.41, 5.74) is 3.88. The number of nitrogens with zero attached hydrogens (tertiary/aromatic N) is 1. The third kappa shape index (κ3) is 4.15. The third-order valence-electron chi connectivity index (χ3n) is 5.37. The lowest BCUT2D eigenvalue weighted by Crippen LogP contribution is -2.22. The molecule has 5 nitrogen and oxygen atoms in total. The number of hydrogen-bond acceptors (Lipinski definition) is 5. The van der Waals surface area contributed by atoms with E-state index >= 15 is 0 Å². The largest absolute Gasteiger partial charge is 0.482 e. The molecule has 148 valence electrons. The summed E-state index contributed by atoms with van der Waals surface area (Å²) in [7, 11) is 0. The van der Waals surface area contributed by atoms with Gasteiger partial charge in [-0.15, -0.1) is 0 Å². The summed E-state index contributed by atoms with van der Waals surface area (Å²) < 4.78 is 11.4. The highest BCUT2D eigenvalue weighted by Crippen LogP contribution is 2.31. The molecule has 0 N–H and O–H groups in total. The topological polar surface area (TPSA) is 59.8 Å². The summed E-state index contributed by atoms with van der Waals surface area (Å²) in [5, 5.41) is 0. The molecular weight excluding hydrogens is 366 g/mol. The van der Waals surface area contributed by atoms with E-state index in [1.165, 1.54) is 17.9 Å². The number of hydrogen-bond donors (Lipinski definition) is 0. The van der Waals surface area contributed by atoms with Gasteiger partial charge in [0.15, 0.2) is 5.78 Å². The van der Waals surface area contributed by atoms with Gasteiger partial charge in [0.05, 0.1) is 6.04 Å². The Bertz CT molecular complexity index is 1090. The molecule has 4 rings (SSSR count). The molecule has 1 aromatic heterocycles. The second-order valence-electron chi connectivity index (χ2n) is 7.41. The van der Waals surface area contributed by atoms with E-state index < -0.39 is 0 Å². The van der Waals surface area contributed by atoms with Crippen molar-refractivity contribution in [3.05, 3.63) is 99.1 Å². The molecule has 5 heteroatoms. The zero-order chi connectivity index (χ0) is 20.4. The molecule has 0 spiro atoms. The van der Waals surface area contributed by atoms with Crippen LogP contribution in [0.5, 0.6) is 5.75 Å². The first-order valence-corrected chi connectivity index (χ1v) is 9.67. The molecule has 0 fully saturated rings. The summed E-state index contributed by atoms with van der Waals surface area (Å²) in [6.07, 6.45) is 1.40. The van der Waals surface area contributed by atoms with Crippen LogP contribution in [-0.2, 0) is 19.7 Å². The van der Waals surface area contributed by atoms with Gasteiger partial charge in [0.25, 0.3) is 0 Å². The van der Waals surface area contributed by atoms with Crippen LogP contribution in [0.2, 0.25) is 0 Å². The highest BCUT2D eigenvalue weighted by atomic mass is 16.5. The van der Waals surface area contributed by atoms with Gasteiger partial charge in [-0.2, -0.15) is 0 Å². The molecule has 0 bridgehead atoms. The van der Waals surface area contributed by atoms with Gasteiger partial charge in [0.1, 0.15) is 18.6 Å². The van der Waals surface area contributed by atoms with Crippen LogP contribution in [0.3, 0.4) is 0 Å². The lowest BCUT2D eigenvalue weighted by molar-refractivity contribution is 0.101. The first-order chi connectivity index (χ1) is 14.0. The fourth-order valence-corrected chi connectivity index (χ4v) is 3.57. The summed E-state index contributed by atoms with van der Waals surface area (Å²) in [6.45, 7) is 5.38. The van der Waals surface area contributed by atoms with E-state index in [1.54, 1.807) is 6.92 Å². The minimum Gasteiger partial charge on any atom is -0.482 e. The third-order valence-corrected chi connectivity index (χ3v) is 5.37. The van der Waals surface area contributed by atoms with Crippen molar-refractivity contribution in [3.63, 3.8) is 0 Å². The van der Waals surface area contributed by atoms with E-state index in [0.717, 1.165) is 23.2 Å². The summed E-state index contributed by atoms with van der Waals surface area (Å²) in [5.74, 6) is 0.874. The predicted molar refractivity (Wildman–Crippen MR) is 110 cm³/mol. The van der Waals surface area contributed by atoms with Crippen molar-refractivity contribution in [1.82, 2.24) is 4.90 Å². The average Bonchev–Trinajstić information content (AvgIpc) is 3.16. The summed E-state index contributed by atoms with van der Waals surface area (Å²) in [4.78, 5) is 26.3. The molecule has 0 saturated heterocycles. The molecule has 2 aromatic carbocycles. The van der Waals surface area contributed by atoms with Crippen LogP contribution in [0.1, 0.15) is 52.7 Å². The van der Waals surface area contributed by atoms with Crippen LogP contribution >= 0.6 is 0 Å². The molecule has 0 aliphatic carbocycles. The SMILES string of the molecule is CC(=O)c1ccc2c(c1)CN(C(C)c1cc(=O)c(OCc3ccccc3)co1)C2. The highest BCUT2D eigenvalue weighted by molar-refractivity contribution is 5.94. The quantitative estimate of drug-likeness (QED) is 0.581. The normalized spacial score (nSPS) is 14.4. The van der Waals surface area contributed by atoms with Crippen molar-refractivity contribution in [2.45, 2.75) is 39.6 Å². The number of carbonyl (C=O) groups is 1. The Kier molecular flexibility index (Phi) is 5.32. The van der Waals surface area contributed by atoms with Crippen molar-refractivity contribution in [2.24, 2.45) is 0 Å². The fourth-order valence-electron chi connectivity index (χ4n) is 3.57. The number of carbonyl (C=O) groups excluding carboxylic acids is 1. The van der Waals surface area contributed by atoms with Gasteiger partial charge in [0.2, 0.25) is 11.2 Å². The summed E-state index contributed by atoms with van der Waals surface area (Å²) >= 11 is 0. The first kappa shape index (κ1) is 19.2. The zero-order valence-electron chi connectivity index (χ0n) is 16.6. The lowest BCUT2D eigenvalue weighted by atomic mass is 10.0. The molecule has 1 aliphatic heterocycles. The van der Waals surface area contributed by atoms with Gasteiger partial charge in [-0.3, -0.25) is 14.5 Å². The van der Waals surface area contributed by atoms with Gasteiger partial charge in [0, 0.05) is 24.7 Å². The molecular formula is C24H23NO4. The number of benzene rings is 2. The Balaban J connectivity index is 1.45. The molecule has 3 aromatic rings. The van der Waals surface area contributed by atoms with Crippen molar-refractivity contribution < 1.29 is 13.9 Å². The molecule has 1 aliphatic rings. The average molecular weight is 389 g/mol. The van der Waals surface area contributed by atoms with Crippen molar-refractivity contribution in [3.8, 4) is 5.75 Å². The van der Waals surface area contributed by atoms with E-state index in [2.05, 4.69) is 4.90 Å². The van der Waals surface area contributed by atoms with Crippen LogP contribution in [-0.4, -0.2) is 10.7 Å². The number of ketones is 1. The molecule has 0 saturated carbocycles. The van der Waals surface area contributed by atoms with E-state index in [4.69, 9.17) is 9.15 Å². The maximum atomic E-state index is 12.5. The molecule has 1 atom stereocenters. The molecule has 0 radical (unpaired) electrons. The Labute approximate surface area is 169 Å². The van der Waals surface area contributed by atoms with E-state index in [0.29, 0.717) is 18.9 Å². The minimum absolute atomic E-state index is 0.0661. The standard InChI is InChI=1S/C24H23NO4/c1-16(25-12-20-9-8-19(17(2)26)10-21(20)13-25)23-11-22(27)24(15-29-23)28-14-18-6-4-3-5-7-18/h3-11,15-16H,12-14H2,1-2H3. The van der Waals surface area contributed by atoms with E-state index in [1.807, 2.05) is 55.5 Å². The van der Waals surface area contributed by atoms with Crippen LogP contribution < -0.4 is 10.2 Å². The molecule has 2 heterocycles. The zero-order valence-corrected chi connectivity index (χ0v) is 16.6. The van der Waals surface area contributed by atoms with Crippen molar-refractivity contribution in [1.29, 1.82) is 0 Å². The smallest absolute Gasteiger partial charge is 0.227 e. The number of fused-ring (bicyclic) bond motifs is 1. The van der Waals surface area contributed by atoms with Crippen LogP contribution in [0.15, 0.2) is 70.1 Å². The van der Waals surface area contributed by atoms with Crippen molar-refractivity contribution in [2.75, 3.05) is 0 Å². The first-order valence-electron chi connectivity index (χ1n) is 9.67. The van der Waals surface area contributed by atoms with Gasteiger partial charge in [-0.25, -0.2) is 0 Å². The highest BCUT2D eigenvalue weighted by Gasteiger charge is 2.26. The van der Waals surface area contributed by atoms with Crippen LogP contribution in [0.4, 0.5) is 0 Å². The van der Waals surface area contributed by atoms with Gasteiger partial charge in [-0.05, 0) is 36.6 Å². The Morgan fingerprint density at radius 1 is 1.10 bits per heavy atom. The number of rotatable bonds is 6. The fraction of sp³-hybridized carbons (Fsp3) is 0.250. The second kappa shape index (κ2) is 8.05. The molecule has 29 heavy (non-hydrogen) atoms. The van der Waals surface area contributed by atoms with E-state index in [9.17, 15) is 9.59 Å². The van der Waals surface area contributed by atoms with Gasteiger partial charge >= 0.3 is 0 Å². The van der Waals surface area contributed by atoms with E-state index in [-0.39, 0.29) is 23.0 Å². The molecule has 1 unspecified atom stereocenters. The maximum absolute atomic E-state index is 12.5. The monoisotopic (exact) mass is 389 g/mol. The second-order valence-corrected chi connectivity index (χ2v) is 7.41. The van der Waals surface area contributed by atoms with Crippen LogP contribution in [0, 0.1) is 0 Å². The number of Topliss-reactive ketones (excluding diaryl/α,β-unsaturated/α-hetero) is 1. The van der Waals surface area contributed by atoms with Crippen LogP contribution in [0.25, 0.3) is 0 Å². The molecule has 0 amide bonds. The maximum Gasteiger partial charge on any atom is 0.227 e. The minimum atomic E-state index is -0.190. The Morgan fingerprint density at radius 3 is 2.59 bits per heavy atom. The number of ether oxygens (including phenoxy) is 1. The lowest BCUT2D eigenvalue weighted by Gasteiger charge is -2.22. The predicted octanol–water partition coefficient (Wildman–Crippen LogP) is 4.50. The van der Waals surface area contributed by atoms with Gasteiger partial charge < -0.3 is 9.15 Å². The Morgan fingerprint density at radius 2 is 1.86 bits per heavy atom. The Hall–Kier alpha value is -3.18. The summed E-state index contributed by atoms with van der Waals surface area (Å²) in [6, 6.07) is 17.0. The van der Waals surface area contributed by atoms with Crippen molar-refractivity contribution >= 4 is 5.78 Å². The van der Waals surface area contributed by atoms with Gasteiger partial charge in [-0.1, -0.05) is 42.5 Å².